The number of rotatable bonds is 3. The van der Waals surface area contributed by atoms with Gasteiger partial charge in [0.25, 0.3) is 10.2 Å². The van der Waals surface area contributed by atoms with Crippen LogP contribution in [0.25, 0.3) is 0 Å². The molecule has 0 saturated heterocycles. The predicted octanol–water partition coefficient (Wildman–Crippen LogP) is 1.02. The largest absolute Gasteiger partial charge is 0.402 e. The minimum absolute atomic E-state index is 0.0214. The van der Waals surface area contributed by atoms with E-state index in [4.69, 9.17) is 5.73 Å². The highest BCUT2D eigenvalue weighted by Crippen LogP contribution is 2.25. The summed E-state index contributed by atoms with van der Waals surface area (Å²) < 4.78 is 62.4. The van der Waals surface area contributed by atoms with Gasteiger partial charge >= 0.3 is 6.18 Å². The van der Waals surface area contributed by atoms with Crippen molar-refractivity contribution in [2.24, 2.45) is 0 Å². The maximum atomic E-state index is 12.1. The van der Waals surface area contributed by atoms with Crippen molar-refractivity contribution in [2.75, 3.05) is 18.8 Å². The summed E-state index contributed by atoms with van der Waals surface area (Å²) in [6.07, 6.45) is -4.19. The summed E-state index contributed by atoms with van der Waals surface area (Å²) in [7, 11) is -4.15. The average Bonchev–Trinajstić information content (AvgIpc) is 2.36. The number of hydrogen-bond acceptors (Lipinski definition) is 3. The number of alkyl halides is 3. The summed E-state index contributed by atoms with van der Waals surface area (Å²) in [6, 6.07) is 5.12. The Bertz CT molecular complexity index is 601. The monoisotopic (exact) mass is 309 g/mol. The lowest BCUT2D eigenvalue weighted by molar-refractivity contribution is -0.121. The van der Waals surface area contributed by atoms with E-state index in [1.165, 1.54) is 0 Å². The van der Waals surface area contributed by atoms with E-state index in [2.05, 4.69) is 0 Å². The van der Waals surface area contributed by atoms with E-state index < -0.39 is 22.9 Å². The number of anilines is 1. The molecule has 1 aromatic rings. The maximum Gasteiger partial charge on any atom is 0.402 e. The standard InChI is InChI=1S/C11H14F3N3O2S/c12-11(13,14)7-16-20(18,19)17-5-4-9-8(6-17)2-1-3-10(9)15/h1-3,16H,4-7,15H2. The highest BCUT2D eigenvalue weighted by molar-refractivity contribution is 7.87. The van der Waals surface area contributed by atoms with E-state index >= 15 is 0 Å². The van der Waals surface area contributed by atoms with Gasteiger partial charge in [-0.15, -0.1) is 0 Å². The van der Waals surface area contributed by atoms with Crippen molar-refractivity contribution in [3.05, 3.63) is 29.3 Å². The molecular weight excluding hydrogens is 295 g/mol. The summed E-state index contributed by atoms with van der Waals surface area (Å²) in [5.74, 6) is 0. The fourth-order valence-corrected chi connectivity index (χ4v) is 3.25. The minimum Gasteiger partial charge on any atom is -0.398 e. The Morgan fingerprint density at radius 1 is 1.35 bits per heavy atom. The van der Waals surface area contributed by atoms with E-state index in [9.17, 15) is 21.6 Å². The summed E-state index contributed by atoms with van der Waals surface area (Å²) in [5, 5.41) is 0. The molecule has 0 fully saturated rings. The van der Waals surface area contributed by atoms with E-state index in [0.717, 1.165) is 9.87 Å². The zero-order valence-electron chi connectivity index (χ0n) is 10.4. The summed E-state index contributed by atoms with van der Waals surface area (Å²) in [6.45, 7) is -1.45. The van der Waals surface area contributed by atoms with Crippen LogP contribution in [-0.2, 0) is 23.2 Å². The van der Waals surface area contributed by atoms with Gasteiger partial charge in [0.05, 0.1) is 0 Å². The van der Waals surface area contributed by atoms with Crippen LogP contribution in [0.1, 0.15) is 11.1 Å². The molecule has 0 saturated carbocycles. The second-order valence-corrected chi connectivity index (χ2v) is 6.27. The SMILES string of the molecule is Nc1cccc2c1CCN(S(=O)(=O)NCC(F)(F)F)C2. The molecule has 1 aliphatic rings. The van der Waals surface area contributed by atoms with Gasteiger partial charge in [-0.25, -0.2) is 0 Å². The number of fused-ring (bicyclic) bond motifs is 1. The second-order valence-electron chi connectivity index (χ2n) is 4.51. The molecule has 0 bridgehead atoms. The Balaban J connectivity index is 2.12. The van der Waals surface area contributed by atoms with Crippen LogP contribution in [0.15, 0.2) is 18.2 Å². The Morgan fingerprint density at radius 2 is 2.05 bits per heavy atom. The van der Waals surface area contributed by atoms with Gasteiger partial charge in [-0.05, 0) is 23.6 Å². The van der Waals surface area contributed by atoms with Crippen LogP contribution in [0.3, 0.4) is 0 Å². The highest BCUT2D eigenvalue weighted by atomic mass is 32.2. The highest BCUT2D eigenvalue weighted by Gasteiger charge is 2.33. The van der Waals surface area contributed by atoms with E-state index in [0.29, 0.717) is 17.7 Å². The molecule has 0 amide bonds. The van der Waals surface area contributed by atoms with E-state index in [1.54, 1.807) is 22.9 Å². The molecule has 1 aliphatic heterocycles. The van der Waals surface area contributed by atoms with Gasteiger partial charge in [0.2, 0.25) is 0 Å². The summed E-state index contributed by atoms with van der Waals surface area (Å²) in [4.78, 5) is 0. The molecule has 0 spiro atoms. The normalized spacial score (nSPS) is 16.9. The molecule has 2 rings (SSSR count). The third-order valence-electron chi connectivity index (χ3n) is 3.06. The van der Waals surface area contributed by atoms with Crippen LogP contribution in [0.4, 0.5) is 18.9 Å². The van der Waals surface area contributed by atoms with Gasteiger partial charge in [0.1, 0.15) is 6.54 Å². The topological polar surface area (TPSA) is 75.4 Å². The molecule has 3 N–H and O–H groups in total. The Kier molecular flexibility index (Phi) is 3.94. The predicted molar refractivity (Wildman–Crippen MR) is 67.9 cm³/mol. The van der Waals surface area contributed by atoms with Gasteiger partial charge in [-0.2, -0.15) is 30.6 Å². The number of hydrogen-bond donors (Lipinski definition) is 2. The number of nitrogens with two attached hydrogens (primary N) is 1. The quantitative estimate of drug-likeness (QED) is 0.819. The number of nitrogen functional groups attached to an aromatic ring is 1. The molecule has 0 unspecified atom stereocenters. The molecule has 0 radical (unpaired) electrons. The molecule has 9 heteroatoms. The molecule has 0 atom stereocenters. The second kappa shape index (κ2) is 5.23. The van der Waals surface area contributed by atoms with Gasteiger partial charge in [0, 0.05) is 18.8 Å². The van der Waals surface area contributed by atoms with Gasteiger partial charge in [-0.3, -0.25) is 0 Å². The van der Waals surface area contributed by atoms with Crippen molar-refractivity contribution < 1.29 is 21.6 Å². The van der Waals surface area contributed by atoms with E-state index in [1.807, 2.05) is 0 Å². The molecule has 1 heterocycles. The zero-order chi connectivity index (χ0) is 15.0. The molecule has 0 aliphatic carbocycles. The summed E-state index contributed by atoms with van der Waals surface area (Å²) >= 11 is 0. The smallest absolute Gasteiger partial charge is 0.398 e. The van der Waals surface area contributed by atoms with Crippen molar-refractivity contribution >= 4 is 15.9 Å². The van der Waals surface area contributed by atoms with Crippen molar-refractivity contribution in [1.29, 1.82) is 0 Å². The van der Waals surface area contributed by atoms with Gasteiger partial charge in [-0.1, -0.05) is 12.1 Å². The van der Waals surface area contributed by atoms with Crippen molar-refractivity contribution in [2.45, 2.75) is 19.1 Å². The maximum absolute atomic E-state index is 12.1. The minimum atomic E-state index is -4.58. The Hall–Kier alpha value is -1.32. The van der Waals surface area contributed by atoms with Gasteiger partial charge < -0.3 is 5.73 Å². The first-order valence-electron chi connectivity index (χ1n) is 5.87. The van der Waals surface area contributed by atoms with Crippen LogP contribution >= 0.6 is 0 Å². The van der Waals surface area contributed by atoms with Crippen LogP contribution in [-0.4, -0.2) is 32.0 Å². The van der Waals surface area contributed by atoms with Crippen molar-refractivity contribution in [3.8, 4) is 0 Å². The third-order valence-corrected chi connectivity index (χ3v) is 4.56. The summed E-state index contributed by atoms with van der Waals surface area (Å²) in [5.41, 5.74) is 7.92. The molecule has 0 aromatic heterocycles. The number of nitrogens with zero attached hydrogens (tertiary/aromatic N) is 1. The first-order valence-corrected chi connectivity index (χ1v) is 7.31. The zero-order valence-corrected chi connectivity index (χ0v) is 11.3. The van der Waals surface area contributed by atoms with Gasteiger partial charge in [0.15, 0.2) is 0 Å². The van der Waals surface area contributed by atoms with Crippen LogP contribution in [0.2, 0.25) is 0 Å². The lowest BCUT2D eigenvalue weighted by atomic mass is 9.99. The van der Waals surface area contributed by atoms with Crippen LogP contribution in [0.5, 0.6) is 0 Å². The first-order chi connectivity index (χ1) is 9.19. The number of nitrogens with one attached hydrogen (secondary N) is 1. The molecular formula is C11H14F3N3O2S. The molecule has 112 valence electrons. The number of benzene rings is 1. The van der Waals surface area contributed by atoms with Crippen LogP contribution < -0.4 is 10.5 Å². The van der Waals surface area contributed by atoms with Crippen molar-refractivity contribution in [1.82, 2.24) is 9.03 Å². The lowest BCUT2D eigenvalue weighted by Gasteiger charge is -2.29. The number of halogens is 3. The fraction of sp³-hybridized carbons (Fsp3) is 0.455. The molecule has 20 heavy (non-hydrogen) atoms. The van der Waals surface area contributed by atoms with Crippen molar-refractivity contribution in [3.63, 3.8) is 0 Å². The third kappa shape index (κ3) is 3.41. The molecule has 1 aromatic carbocycles. The first kappa shape index (κ1) is 15.1. The van der Waals surface area contributed by atoms with E-state index in [-0.39, 0.29) is 13.1 Å². The molecule has 5 nitrogen and oxygen atoms in total. The average molecular weight is 309 g/mol. The Morgan fingerprint density at radius 3 is 2.70 bits per heavy atom. The van der Waals surface area contributed by atoms with Crippen LogP contribution in [0, 0.1) is 0 Å². The fourth-order valence-electron chi connectivity index (χ4n) is 2.08. The Labute approximate surface area is 114 Å². The lowest BCUT2D eigenvalue weighted by Crippen LogP contribution is -2.46.